The summed E-state index contributed by atoms with van der Waals surface area (Å²) in [6, 6.07) is 4.08. The number of nitrogens with zero attached hydrogens (tertiary/aromatic N) is 3. The topological polar surface area (TPSA) is 92.2 Å². The Morgan fingerprint density at radius 1 is 1.29 bits per heavy atom. The second kappa shape index (κ2) is 8.23. The van der Waals surface area contributed by atoms with E-state index >= 15 is 0 Å². The van der Waals surface area contributed by atoms with Crippen molar-refractivity contribution >= 4 is 35.1 Å². The maximum Gasteiger partial charge on any atom is 0.198 e. The predicted octanol–water partition coefficient (Wildman–Crippen LogP) is 1.82. The summed E-state index contributed by atoms with van der Waals surface area (Å²) >= 11 is 2.94. The SMILES string of the molecule is CN(C)Cc1ccc(CSCCNc2nsnc2NN)o1. The van der Waals surface area contributed by atoms with E-state index in [1.165, 1.54) is 0 Å². The third-order valence-electron chi connectivity index (χ3n) is 2.60. The number of rotatable bonds is 9. The average molecular weight is 328 g/mol. The number of thioether (sulfide) groups is 1. The first-order valence-corrected chi connectivity index (χ1v) is 8.40. The van der Waals surface area contributed by atoms with Crippen LogP contribution in [0, 0.1) is 0 Å². The van der Waals surface area contributed by atoms with Crippen molar-refractivity contribution in [3.05, 3.63) is 23.7 Å². The second-order valence-corrected chi connectivity index (χ2v) is 6.32. The zero-order valence-electron chi connectivity index (χ0n) is 12.1. The molecule has 4 N–H and O–H groups in total. The highest BCUT2D eigenvalue weighted by atomic mass is 32.2. The summed E-state index contributed by atoms with van der Waals surface area (Å²) in [5.74, 6) is 10.5. The molecule has 0 saturated heterocycles. The van der Waals surface area contributed by atoms with Crippen molar-refractivity contribution in [2.45, 2.75) is 12.3 Å². The molecule has 0 spiro atoms. The van der Waals surface area contributed by atoms with E-state index in [0.717, 1.165) is 47.8 Å². The molecule has 0 radical (unpaired) electrons. The van der Waals surface area contributed by atoms with Crippen molar-refractivity contribution in [1.29, 1.82) is 0 Å². The molecular weight excluding hydrogens is 308 g/mol. The molecule has 0 aliphatic carbocycles. The highest BCUT2D eigenvalue weighted by molar-refractivity contribution is 7.98. The maximum absolute atomic E-state index is 5.75. The lowest BCUT2D eigenvalue weighted by Crippen LogP contribution is -2.11. The lowest BCUT2D eigenvalue weighted by atomic mass is 10.4. The predicted molar refractivity (Wildman–Crippen MR) is 88.5 cm³/mol. The lowest BCUT2D eigenvalue weighted by molar-refractivity contribution is 0.344. The van der Waals surface area contributed by atoms with Gasteiger partial charge in [0.2, 0.25) is 0 Å². The molecule has 0 aromatic carbocycles. The van der Waals surface area contributed by atoms with Gasteiger partial charge in [0, 0.05) is 12.3 Å². The minimum absolute atomic E-state index is 0.587. The number of hydrogen-bond acceptors (Lipinski definition) is 9. The minimum Gasteiger partial charge on any atom is -0.464 e. The van der Waals surface area contributed by atoms with Crippen LogP contribution in [0.5, 0.6) is 0 Å². The Hall–Kier alpha value is -1.29. The molecule has 2 heterocycles. The normalized spacial score (nSPS) is 11.0. The van der Waals surface area contributed by atoms with Gasteiger partial charge in [0.05, 0.1) is 24.0 Å². The van der Waals surface area contributed by atoms with Gasteiger partial charge in [-0.1, -0.05) is 0 Å². The number of anilines is 2. The smallest absolute Gasteiger partial charge is 0.198 e. The lowest BCUT2D eigenvalue weighted by Gasteiger charge is -2.06. The molecule has 0 fully saturated rings. The molecule has 0 unspecified atom stereocenters. The van der Waals surface area contributed by atoms with Crippen LogP contribution in [-0.2, 0) is 12.3 Å². The van der Waals surface area contributed by atoms with Crippen molar-refractivity contribution in [3.8, 4) is 0 Å². The molecule has 7 nitrogen and oxygen atoms in total. The van der Waals surface area contributed by atoms with Crippen molar-refractivity contribution in [2.75, 3.05) is 37.1 Å². The number of furan rings is 1. The molecule has 0 saturated carbocycles. The molecule has 116 valence electrons. The van der Waals surface area contributed by atoms with Crippen LogP contribution in [0.4, 0.5) is 11.6 Å². The Kier molecular flexibility index (Phi) is 6.30. The Morgan fingerprint density at radius 3 is 2.81 bits per heavy atom. The van der Waals surface area contributed by atoms with Gasteiger partial charge in [0.1, 0.15) is 11.5 Å². The van der Waals surface area contributed by atoms with E-state index in [0.29, 0.717) is 11.6 Å². The summed E-state index contributed by atoms with van der Waals surface area (Å²) in [7, 11) is 4.06. The molecule has 2 aromatic rings. The first-order chi connectivity index (χ1) is 10.2. The number of hydrazine groups is 1. The molecule has 21 heavy (non-hydrogen) atoms. The van der Waals surface area contributed by atoms with Gasteiger partial charge in [-0.25, -0.2) is 5.84 Å². The monoisotopic (exact) mass is 328 g/mol. The summed E-state index contributed by atoms with van der Waals surface area (Å²) in [6.45, 7) is 1.63. The van der Waals surface area contributed by atoms with Crippen molar-refractivity contribution in [1.82, 2.24) is 13.6 Å². The van der Waals surface area contributed by atoms with E-state index in [9.17, 15) is 0 Å². The van der Waals surface area contributed by atoms with E-state index in [1.807, 2.05) is 38.0 Å². The van der Waals surface area contributed by atoms with Crippen LogP contribution in [-0.4, -0.2) is 40.0 Å². The molecule has 0 amide bonds. The second-order valence-electron chi connectivity index (χ2n) is 4.69. The van der Waals surface area contributed by atoms with Gasteiger partial charge in [-0.2, -0.15) is 20.5 Å². The van der Waals surface area contributed by atoms with Crippen LogP contribution in [0.25, 0.3) is 0 Å². The van der Waals surface area contributed by atoms with Gasteiger partial charge in [-0.05, 0) is 26.2 Å². The number of nitrogens with one attached hydrogen (secondary N) is 2. The summed E-state index contributed by atoms with van der Waals surface area (Å²) in [6.07, 6.45) is 0. The molecule has 0 aliphatic heterocycles. The zero-order chi connectivity index (χ0) is 15.1. The van der Waals surface area contributed by atoms with Crippen LogP contribution in [0.2, 0.25) is 0 Å². The summed E-state index contributed by atoms with van der Waals surface area (Å²) in [5, 5.41) is 3.20. The largest absolute Gasteiger partial charge is 0.464 e. The standard InChI is InChI=1S/C12H20N6OS2/c1-18(2)7-9-3-4-10(19-9)8-20-6-5-14-11-12(15-13)17-21-16-11/h3-4H,5-8,13H2,1-2H3,(H,14,16)(H,15,17). The van der Waals surface area contributed by atoms with E-state index < -0.39 is 0 Å². The van der Waals surface area contributed by atoms with Gasteiger partial charge in [-0.15, -0.1) is 0 Å². The van der Waals surface area contributed by atoms with Crippen LogP contribution < -0.4 is 16.6 Å². The molecule has 2 rings (SSSR count). The highest BCUT2D eigenvalue weighted by Crippen LogP contribution is 2.18. The third-order valence-corrected chi connectivity index (χ3v) is 4.11. The molecule has 0 aliphatic rings. The molecule has 0 atom stereocenters. The van der Waals surface area contributed by atoms with Crippen LogP contribution >= 0.6 is 23.5 Å². The summed E-state index contributed by atoms with van der Waals surface area (Å²) < 4.78 is 13.9. The van der Waals surface area contributed by atoms with Gasteiger partial charge in [0.25, 0.3) is 0 Å². The Balaban J connectivity index is 1.64. The number of hydrogen-bond donors (Lipinski definition) is 3. The van der Waals surface area contributed by atoms with Crippen LogP contribution in [0.15, 0.2) is 16.5 Å². The summed E-state index contributed by atoms with van der Waals surface area (Å²) in [5.41, 5.74) is 2.51. The van der Waals surface area contributed by atoms with E-state index in [2.05, 4.69) is 24.4 Å². The first kappa shape index (κ1) is 16.1. The summed E-state index contributed by atoms with van der Waals surface area (Å²) in [4.78, 5) is 2.09. The van der Waals surface area contributed by atoms with Crippen molar-refractivity contribution < 1.29 is 4.42 Å². The highest BCUT2D eigenvalue weighted by Gasteiger charge is 2.06. The zero-order valence-corrected chi connectivity index (χ0v) is 13.8. The fourth-order valence-corrected chi connectivity index (χ4v) is 2.95. The van der Waals surface area contributed by atoms with Crippen molar-refractivity contribution in [3.63, 3.8) is 0 Å². The first-order valence-electron chi connectivity index (χ1n) is 6.52. The van der Waals surface area contributed by atoms with Gasteiger partial charge in [-0.3, -0.25) is 0 Å². The molecular formula is C12H20N6OS2. The van der Waals surface area contributed by atoms with Gasteiger partial charge in [0.15, 0.2) is 11.6 Å². The number of nitrogens with two attached hydrogens (primary N) is 1. The number of nitrogen functional groups attached to an aromatic ring is 1. The van der Waals surface area contributed by atoms with E-state index in [4.69, 9.17) is 10.3 Å². The van der Waals surface area contributed by atoms with Crippen molar-refractivity contribution in [2.24, 2.45) is 5.84 Å². The van der Waals surface area contributed by atoms with E-state index in [1.54, 1.807) is 0 Å². The van der Waals surface area contributed by atoms with Crippen LogP contribution in [0.1, 0.15) is 11.5 Å². The minimum atomic E-state index is 0.587. The fourth-order valence-electron chi connectivity index (χ4n) is 1.71. The van der Waals surface area contributed by atoms with Gasteiger partial charge < -0.3 is 20.1 Å². The Morgan fingerprint density at radius 2 is 2.05 bits per heavy atom. The third kappa shape index (κ3) is 5.20. The molecule has 2 aromatic heterocycles. The number of aromatic nitrogens is 2. The quantitative estimate of drug-likeness (QED) is 0.365. The fraction of sp³-hybridized carbons (Fsp3) is 0.500. The maximum atomic E-state index is 5.75. The Labute approximate surface area is 132 Å². The van der Waals surface area contributed by atoms with Gasteiger partial charge >= 0.3 is 0 Å². The average Bonchev–Trinajstić information content (AvgIpc) is 3.07. The Bertz CT molecular complexity index is 541. The molecule has 0 bridgehead atoms. The van der Waals surface area contributed by atoms with Crippen LogP contribution in [0.3, 0.4) is 0 Å². The molecule has 9 heteroatoms. The van der Waals surface area contributed by atoms with E-state index in [-0.39, 0.29) is 0 Å².